The molecule has 2 aromatic rings. The fourth-order valence-corrected chi connectivity index (χ4v) is 4.92. The van der Waals surface area contributed by atoms with Crippen LogP contribution in [0.1, 0.15) is 61.3 Å². The van der Waals surface area contributed by atoms with E-state index in [0.717, 1.165) is 56.3 Å². The Labute approximate surface area is 208 Å². The molecule has 0 bridgehead atoms. The SMILES string of the molecule is O=C(O)C[C@@H](c1cccc(C(F)(F)F)c1)N1CCN(CCCCCC2=Nc3ccccc3CC2)C1=O. The molecule has 0 radical (unpaired) electrons. The lowest BCUT2D eigenvalue weighted by Gasteiger charge is -2.28. The molecule has 1 saturated heterocycles. The quantitative estimate of drug-likeness (QED) is 0.392. The van der Waals surface area contributed by atoms with Gasteiger partial charge in [-0.2, -0.15) is 13.2 Å². The summed E-state index contributed by atoms with van der Waals surface area (Å²) in [5.41, 5.74) is 2.86. The number of unbranched alkanes of at least 4 members (excludes halogenated alkanes) is 2. The van der Waals surface area contributed by atoms with E-state index in [-0.39, 0.29) is 18.1 Å². The van der Waals surface area contributed by atoms with E-state index in [2.05, 4.69) is 6.07 Å². The number of rotatable bonds is 10. The van der Waals surface area contributed by atoms with E-state index in [1.54, 1.807) is 4.90 Å². The zero-order valence-corrected chi connectivity index (χ0v) is 20.0. The molecule has 36 heavy (non-hydrogen) atoms. The summed E-state index contributed by atoms with van der Waals surface area (Å²) in [6.07, 6.45) is 0.605. The fourth-order valence-electron chi connectivity index (χ4n) is 4.92. The predicted octanol–water partition coefficient (Wildman–Crippen LogP) is 6.24. The number of carboxylic acids is 1. The molecule has 9 heteroatoms. The second-order valence-corrected chi connectivity index (χ2v) is 9.32. The van der Waals surface area contributed by atoms with Gasteiger partial charge in [-0.15, -0.1) is 0 Å². The average molecular weight is 502 g/mol. The van der Waals surface area contributed by atoms with Gasteiger partial charge in [-0.25, -0.2) is 4.79 Å². The average Bonchev–Trinajstić information content (AvgIpc) is 3.21. The highest BCUT2D eigenvalue weighted by Gasteiger charge is 2.37. The summed E-state index contributed by atoms with van der Waals surface area (Å²) in [7, 11) is 0. The highest BCUT2D eigenvalue weighted by Crippen LogP contribution is 2.34. The number of fused-ring (bicyclic) bond motifs is 1. The molecule has 2 aliphatic rings. The van der Waals surface area contributed by atoms with Crippen LogP contribution >= 0.6 is 0 Å². The maximum atomic E-state index is 13.2. The van der Waals surface area contributed by atoms with Crippen molar-refractivity contribution in [2.75, 3.05) is 19.6 Å². The minimum absolute atomic E-state index is 0.178. The molecule has 1 fully saturated rings. The molecule has 2 amide bonds. The molecule has 2 heterocycles. The monoisotopic (exact) mass is 501 g/mol. The van der Waals surface area contributed by atoms with Gasteiger partial charge in [0.25, 0.3) is 0 Å². The van der Waals surface area contributed by atoms with Crippen LogP contribution in [0.15, 0.2) is 53.5 Å². The van der Waals surface area contributed by atoms with Crippen LogP contribution in [0.2, 0.25) is 0 Å². The number of alkyl halides is 3. The van der Waals surface area contributed by atoms with E-state index >= 15 is 0 Å². The van der Waals surface area contributed by atoms with Gasteiger partial charge in [-0.05, 0) is 61.4 Å². The minimum Gasteiger partial charge on any atom is -0.481 e. The smallest absolute Gasteiger partial charge is 0.416 e. The summed E-state index contributed by atoms with van der Waals surface area (Å²) in [6.45, 7) is 1.24. The minimum atomic E-state index is -4.54. The molecule has 0 aliphatic carbocycles. The summed E-state index contributed by atoms with van der Waals surface area (Å²) in [6, 6.07) is 11.5. The Balaban J connectivity index is 1.30. The summed E-state index contributed by atoms with van der Waals surface area (Å²) in [4.78, 5) is 32.3. The van der Waals surface area contributed by atoms with E-state index in [1.165, 1.54) is 28.3 Å². The van der Waals surface area contributed by atoms with Gasteiger partial charge in [0, 0.05) is 25.3 Å². The first-order valence-electron chi connectivity index (χ1n) is 12.3. The maximum absolute atomic E-state index is 13.2. The molecule has 0 saturated carbocycles. The Kier molecular flexibility index (Phi) is 7.96. The third-order valence-corrected chi connectivity index (χ3v) is 6.82. The number of carbonyl (C=O) groups is 2. The first kappa shape index (κ1) is 25.7. The van der Waals surface area contributed by atoms with Crippen LogP contribution in [-0.4, -0.2) is 52.3 Å². The summed E-state index contributed by atoms with van der Waals surface area (Å²) in [5, 5.41) is 9.37. The zero-order valence-electron chi connectivity index (χ0n) is 20.0. The second-order valence-electron chi connectivity index (χ2n) is 9.32. The van der Waals surface area contributed by atoms with Crippen LogP contribution in [-0.2, 0) is 17.4 Å². The molecule has 2 aliphatic heterocycles. The number of carboxylic acid groups (broad SMARTS) is 1. The van der Waals surface area contributed by atoms with Crippen molar-refractivity contribution in [1.29, 1.82) is 0 Å². The number of nitrogens with zero attached hydrogens (tertiary/aromatic N) is 3. The van der Waals surface area contributed by atoms with Gasteiger partial charge in [-0.1, -0.05) is 36.8 Å². The number of carbonyl (C=O) groups excluding carboxylic acids is 1. The lowest BCUT2D eigenvalue weighted by Crippen LogP contribution is -2.36. The molecule has 4 rings (SSSR count). The topological polar surface area (TPSA) is 73.2 Å². The molecular weight excluding hydrogens is 471 g/mol. The molecule has 1 N–H and O–H groups in total. The standard InChI is InChI=1S/C27H30F3N3O3/c28-27(29,30)21-9-6-8-20(17-21)24(18-25(34)35)33-16-15-32(26(33)36)14-5-1-2-10-22-13-12-19-7-3-4-11-23(19)31-22/h3-4,6-9,11,17,24H,1-2,5,10,12-16,18H2,(H,34,35)/t24-/m0/s1. The van der Waals surface area contributed by atoms with Gasteiger partial charge in [0.2, 0.25) is 0 Å². The summed E-state index contributed by atoms with van der Waals surface area (Å²) < 4.78 is 39.6. The summed E-state index contributed by atoms with van der Waals surface area (Å²) >= 11 is 0. The van der Waals surface area contributed by atoms with Gasteiger partial charge in [0.05, 0.1) is 23.7 Å². The zero-order chi connectivity index (χ0) is 25.7. The molecule has 0 spiro atoms. The highest BCUT2D eigenvalue weighted by molar-refractivity contribution is 5.89. The largest absolute Gasteiger partial charge is 0.481 e. The number of aliphatic imine (C=N–C) groups is 1. The number of halogens is 3. The van der Waals surface area contributed by atoms with Gasteiger partial charge in [0.1, 0.15) is 0 Å². The van der Waals surface area contributed by atoms with Crippen molar-refractivity contribution in [3.8, 4) is 0 Å². The Hall–Kier alpha value is -3.36. The van der Waals surface area contributed by atoms with Crippen molar-refractivity contribution in [3.05, 3.63) is 65.2 Å². The van der Waals surface area contributed by atoms with Gasteiger partial charge >= 0.3 is 18.2 Å². The Bertz CT molecular complexity index is 1130. The van der Waals surface area contributed by atoms with Crippen molar-refractivity contribution in [3.63, 3.8) is 0 Å². The van der Waals surface area contributed by atoms with Crippen LogP contribution in [0, 0.1) is 0 Å². The Morgan fingerprint density at radius 2 is 1.83 bits per heavy atom. The normalized spacial score (nSPS) is 16.6. The number of aryl methyl sites for hydroxylation is 1. The van der Waals surface area contributed by atoms with Gasteiger partial charge in [0.15, 0.2) is 0 Å². The maximum Gasteiger partial charge on any atom is 0.416 e. The highest BCUT2D eigenvalue weighted by atomic mass is 19.4. The lowest BCUT2D eigenvalue weighted by molar-refractivity contribution is -0.138. The second kappa shape index (κ2) is 11.1. The molecule has 0 aromatic heterocycles. The number of urea groups is 1. The van der Waals surface area contributed by atoms with Crippen molar-refractivity contribution < 1.29 is 27.9 Å². The van der Waals surface area contributed by atoms with Gasteiger partial charge in [-0.3, -0.25) is 9.79 Å². The van der Waals surface area contributed by atoms with Crippen LogP contribution < -0.4 is 0 Å². The number of hydrogen-bond donors (Lipinski definition) is 1. The first-order valence-corrected chi connectivity index (χ1v) is 12.3. The number of benzene rings is 2. The van der Waals surface area contributed by atoms with Gasteiger partial charge < -0.3 is 14.9 Å². The van der Waals surface area contributed by atoms with E-state index in [4.69, 9.17) is 4.99 Å². The molecule has 0 unspecified atom stereocenters. The number of para-hydroxylation sites is 1. The fraction of sp³-hybridized carbons (Fsp3) is 0.444. The van der Waals surface area contributed by atoms with E-state index in [0.29, 0.717) is 13.1 Å². The molecular formula is C27H30F3N3O3. The number of aliphatic carboxylic acids is 1. The van der Waals surface area contributed by atoms with Crippen LogP contribution in [0.5, 0.6) is 0 Å². The number of amides is 2. The van der Waals surface area contributed by atoms with E-state index in [9.17, 15) is 27.9 Å². The van der Waals surface area contributed by atoms with Crippen molar-refractivity contribution >= 4 is 23.4 Å². The first-order chi connectivity index (χ1) is 17.2. The van der Waals surface area contributed by atoms with E-state index in [1.807, 2.05) is 18.2 Å². The predicted molar refractivity (Wildman–Crippen MR) is 130 cm³/mol. The summed E-state index contributed by atoms with van der Waals surface area (Å²) in [5.74, 6) is -1.17. The van der Waals surface area contributed by atoms with Crippen molar-refractivity contribution in [2.45, 2.75) is 57.2 Å². The van der Waals surface area contributed by atoms with Crippen LogP contribution in [0.3, 0.4) is 0 Å². The molecule has 192 valence electrons. The van der Waals surface area contributed by atoms with Crippen molar-refractivity contribution in [2.24, 2.45) is 4.99 Å². The van der Waals surface area contributed by atoms with Crippen LogP contribution in [0.25, 0.3) is 0 Å². The lowest BCUT2D eigenvalue weighted by atomic mass is 9.98. The molecule has 6 nitrogen and oxygen atoms in total. The Morgan fingerprint density at radius 3 is 2.61 bits per heavy atom. The molecule has 1 atom stereocenters. The molecule has 2 aromatic carbocycles. The third kappa shape index (κ3) is 6.25. The van der Waals surface area contributed by atoms with E-state index < -0.39 is 30.2 Å². The Morgan fingerprint density at radius 1 is 1.03 bits per heavy atom. The van der Waals surface area contributed by atoms with Crippen molar-refractivity contribution in [1.82, 2.24) is 9.80 Å². The number of hydrogen-bond acceptors (Lipinski definition) is 3. The van der Waals surface area contributed by atoms with Crippen LogP contribution in [0.4, 0.5) is 23.7 Å². The third-order valence-electron chi connectivity index (χ3n) is 6.82.